The first kappa shape index (κ1) is 15.4. The highest BCUT2D eigenvalue weighted by Gasteiger charge is 2.46. The summed E-state index contributed by atoms with van der Waals surface area (Å²) in [6.45, 7) is 0. The lowest BCUT2D eigenvalue weighted by Crippen LogP contribution is -2.40. The number of alkyl halides is 3. The molecule has 0 aliphatic heterocycles. The Morgan fingerprint density at radius 1 is 1.24 bits per heavy atom. The summed E-state index contributed by atoms with van der Waals surface area (Å²) in [5.74, 6) is -1.20. The van der Waals surface area contributed by atoms with E-state index >= 15 is 0 Å². The van der Waals surface area contributed by atoms with Gasteiger partial charge in [0.15, 0.2) is 0 Å². The number of hydrogen-bond donors (Lipinski definition) is 2. The van der Waals surface area contributed by atoms with Gasteiger partial charge >= 0.3 is 15.5 Å². The molecule has 0 saturated heterocycles. The number of hydrogen-bond acceptors (Lipinski definition) is 3. The maximum atomic E-state index is 12.1. The van der Waals surface area contributed by atoms with E-state index in [1.165, 1.54) is 0 Å². The van der Waals surface area contributed by atoms with E-state index in [1.807, 2.05) is 12.1 Å². The molecule has 2 rings (SSSR count). The second-order valence-electron chi connectivity index (χ2n) is 4.33. The number of carbonyl (C=O) groups excluding carboxylic acids is 1. The summed E-state index contributed by atoms with van der Waals surface area (Å²) in [5, 5.41) is 0.899. The number of aromatic nitrogens is 1. The number of fused-ring (bicyclic) bond motifs is 1. The van der Waals surface area contributed by atoms with Crippen LogP contribution in [0.3, 0.4) is 0 Å². The third-order valence-corrected chi connectivity index (χ3v) is 3.95. The number of para-hydroxylation sites is 1. The van der Waals surface area contributed by atoms with Crippen molar-refractivity contribution in [2.75, 3.05) is 0 Å². The first-order valence-corrected chi connectivity index (χ1v) is 7.36. The van der Waals surface area contributed by atoms with Crippen LogP contribution in [0.5, 0.6) is 0 Å². The van der Waals surface area contributed by atoms with Gasteiger partial charge in [-0.3, -0.25) is 4.79 Å². The summed E-state index contributed by atoms with van der Waals surface area (Å²) in [7, 11) is -5.64. The Hall–Kier alpha value is -2.03. The smallest absolute Gasteiger partial charge is 0.361 e. The van der Waals surface area contributed by atoms with Crippen molar-refractivity contribution in [3.05, 3.63) is 36.0 Å². The SMILES string of the molecule is O=C(CCc1cccc2cc[nH]c12)NS(=O)(=O)C(F)(F)F. The normalized spacial score (nSPS) is 12.5. The van der Waals surface area contributed by atoms with Gasteiger partial charge in [-0.15, -0.1) is 0 Å². The van der Waals surface area contributed by atoms with Gasteiger partial charge in [0.25, 0.3) is 0 Å². The van der Waals surface area contributed by atoms with Crippen LogP contribution in [0.4, 0.5) is 13.2 Å². The molecule has 2 N–H and O–H groups in total. The Balaban J connectivity index is 2.04. The maximum absolute atomic E-state index is 12.1. The molecule has 1 aromatic heterocycles. The Morgan fingerprint density at radius 2 is 1.95 bits per heavy atom. The topological polar surface area (TPSA) is 79.0 Å². The summed E-state index contributed by atoms with van der Waals surface area (Å²) < 4.78 is 58.9. The van der Waals surface area contributed by atoms with E-state index in [0.717, 1.165) is 21.2 Å². The van der Waals surface area contributed by atoms with E-state index < -0.39 is 21.4 Å². The van der Waals surface area contributed by atoms with Gasteiger partial charge in [0.2, 0.25) is 5.91 Å². The van der Waals surface area contributed by atoms with Crippen molar-refractivity contribution in [1.29, 1.82) is 0 Å². The van der Waals surface area contributed by atoms with Crippen LogP contribution < -0.4 is 4.72 Å². The summed E-state index contributed by atoms with van der Waals surface area (Å²) >= 11 is 0. The molecule has 21 heavy (non-hydrogen) atoms. The monoisotopic (exact) mass is 320 g/mol. The molecular formula is C12H11F3N2O3S. The van der Waals surface area contributed by atoms with Crippen LogP contribution in [0.25, 0.3) is 10.9 Å². The molecule has 0 atom stereocenters. The molecule has 0 aliphatic rings. The zero-order valence-electron chi connectivity index (χ0n) is 10.6. The Labute approximate surface area is 118 Å². The van der Waals surface area contributed by atoms with Crippen molar-refractivity contribution in [2.24, 2.45) is 0 Å². The average Bonchev–Trinajstić information content (AvgIpc) is 2.83. The zero-order valence-corrected chi connectivity index (χ0v) is 11.4. The van der Waals surface area contributed by atoms with Crippen molar-refractivity contribution >= 4 is 26.8 Å². The van der Waals surface area contributed by atoms with E-state index in [1.54, 1.807) is 18.3 Å². The number of amides is 1. The molecule has 2 aromatic rings. The molecule has 114 valence electrons. The predicted octanol–water partition coefficient (Wildman–Crippen LogP) is 2.07. The first-order chi connectivity index (χ1) is 9.71. The molecule has 1 aromatic carbocycles. The zero-order chi connectivity index (χ0) is 15.7. The minimum Gasteiger partial charge on any atom is -0.361 e. The molecule has 1 amide bonds. The molecule has 0 bridgehead atoms. The van der Waals surface area contributed by atoms with Crippen LogP contribution in [-0.4, -0.2) is 24.8 Å². The highest BCUT2D eigenvalue weighted by molar-refractivity contribution is 7.90. The van der Waals surface area contributed by atoms with Gasteiger partial charge in [0.05, 0.1) is 0 Å². The van der Waals surface area contributed by atoms with Gasteiger partial charge in [0, 0.05) is 18.1 Å². The number of aryl methyl sites for hydroxylation is 1. The standard InChI is InChI=1S/C12H11F3N2O3S/c13-12(14,15)21(19,20)17-10(18)5-4-8-2-1-3-9-6-7-16-11(8)9/h1-3,6-7,16H,4-5H2,(H,17,18). The van der Waals surface area contributed by atoms with Gasteiger partial charge in [-0.2, -0.15) is 21.6 Å². The molecule has 0 spiro atoms. The Kier molecular flexibility index (Phi) is 3.95. The first-order valence-electron chi connectivity index (χ1n) is 5.87. The molecule has 9 heteroatoms. The number of sulfonamides is 1. The van der Waals surface area contributed by atoms with Crippen molar-refractivity contribution < 1.29 is 26.4 Å². The molecule has 0 aliphatic carbocycles. The Morgan fingerprint density at radius 3 is 2.62 bits per heavy atom. The maximum Gasteiger partial charge on any atom is 0.516 e. The van der Waals surface area contributed by atoms with Gasteiger partial charge in [-0.05, 0) is 23.4 Å². The van der Waals surface area contributed by atoms with Crippen LogP contribution in [0, 0.1) is 0 Å². The van der Waals surface area contributed by atoms with Crippen LogP contribution >= 0.6 is 0 Å². The third-order valence-electron chi connectivity index (χ3n) is 2.85. The van der Waals surface area contributed by atoms with Gasteiger partial charge < -0.3 is 4.98 Å². The van der Waals surface area contributed by atoms with Crippen molar-refractivity contribution in [2.45, 2.75) is 18.3 Å². The quantitative estimate of drug-likeness (QED) is 0.905. The fourth-order valence-corrected chi connectivity index (χ4v) is 2.38. The van der Waals surface area contributed by atoms with Crippen LogP contribution in [0.15, 0.2) is 30.5 Å². The van der Waals surface area contributed by atoms with Crippen LogP contribution in [0.2, 0.25) is 0 Å². The summed E-state index contributed by atoms with van der Waals surface area (Å²) in [6.07, 6.45) is 1.45. The number of benzene rings is 1. The van der Waals surface area contributed by atoms with Gasteiger partial charge in [-0.25, -0.2) is 4.72 Å². The van der Waals surface area contributed by atoms with Crippen molar-refractivity contribution in [1.82, 2.24) is 9.71 Å². The molecule has 1 heterocycles. The number of carbonyl (C=O) groups is 1. The lowest BCUT2D eigenvalue weighted by atomic mass is 10.1. The highest BCUT2D eigenvalue weighted by Crippen LogP contribution is 2.22. The summed E-state index contributed by atoms with van der Waals surface area (Å²) in [5.41, 5.74) is -4.01. The van der Waals surface area contributed by atoms with Crippen molar-refractivity contribution in [3.8, 4) is 0 Å². The fraction of sp³-hybridized carbons (Fsp3) is 0.250. The predicted molar refractivity (Wildman–Crippen MR) is 69.7 cm³/mol. The largest absolute Gasteiger partial charge is 0.516 e. The van der Waals surface area contributed by atoms with Crippen molar-refractivity contribution in [3.63, 3.8) is 0 Å². The van der Waals surface area contributed by atoms with Crippen LogP contribution in [-0.2, 0) is 21.2 Å². The summed E-state index contributed by atoms with van der Waals surface area (Å²) in [6, 6.07) is 7.11. The Bertz CT molecular complexity index is 765. The second-order valence-corrected chi connectivity index (χ2v) is 6.01. The minimum absolute atomic E-state index is 0.122. The van der Waals surface area contributed by atoms with E-state index in [0.29, 0.717) is 0 Å². The number of rotatable bonds is 4. The molecule has 0 saturated carbocycles. The molecule has 5 nitrogen and oxygen atoms in total. The number of halogens is 3. The van der Waals surface area contributed by atoms with E-state index in [-0.39, 0.29) is 12.8 Å². The second kappa shape index (κ2) is 5.40. The lowest BCUT2D eigenvalue weighted by Gasteiger charge is -2.09. The molecular weight excluding hydrogens is 309 g/mol. The molecule has 0 radical (unpaired) electrons. The molecule has 0 unspecified atom stereocenters. The van der Waals surface area contributed by atoms with Crippen LogP contribution in [0.1, 0.15) is 12.0 Å². The molecule has 0 fully saturated rings. The van der Waals surface area contributed by atoms with E-state index in [9.17, 15) is 26.4 Å². The fourth-order valence-electron chi connectivity index (χ4n) is 1.86. The highest BCUT2D eigenvalue weighted by atomic mass is 32.2. The summed E-state index contributed by atoms with van der Waals surface area (Å²) in [4.78, 5) is 14.3. The number of nitrogens with one attached hydrogen (secondary N) is 2. The number of H-pyrrole nitrogens is 1. The lowest BCUT2D eigenvalue weighted by molar-refractivity contribution is -0.119. The van der Waals surface area contributed by atoms with E-state index in [2.05, 4.69) is 4.98 Å². The number of aromatic amines is 1. The van der Waals surface area contributed by atoms with Gasteiger partial charge in [0.1, 0.15) is 0 Å². The van der Waals surface area contributed by atoms with E-state index in [4.69, 9.17) is 0 Å². The average molecular weight is 320 g/mol. The minimum atomic E-state index is -5.64. The van der Waals surface area contributed by atoms with Gasteiger partial charge in [-0.1, -0.05) is 18.2 Å². The third kappa shape index (κ3) is 3.35.